The van der Waals surface area contributed by atoms with E-state index in [-0.39, 0.29) is 6.04 Å². The molecule has 1 aliphatic rings. The number of nitrogens with one attached hydrogen (secondary N) is 1. The molecule has 1 aliphatic heterocycles. The van der Waals surface area contributed by atoms with Crippen LogP contribution in [0.25, 0.3) is 0 Å². The number of fused-ring (bicyclic) bond motifs is 1. The molecule has 1 N–H and O–H groups in total. The first-order chi connectivity index (χ1) is 10.3. The van der Waals surface area contributed by atoms with Crippen LogP contribution in [0.5, 0.6) is 11.5 Å². The minimum absolute atomic E-state index is 0.325. The van der Waals surface area contributed by atoms with Crippen molar-refractivity contribution >= 4 is 15.7 Å². The van der Waals surface area contributed by atoms with Gasteiger partial charge in [0.25, 0.3) is 0 Å². The van der Waals surface area contributed by atoms with Gasteiger partial charge in [-0.05, 0) is 31.5 Å². The Bertz CT molecular complexity index is 656. The van der Waals surface area contributed by atoms with Crippen LogP contribution in [0.15, 0.2) is 18.2 Å². The number of rotatable bonds is 4. The summed E-state index contributed by atoms with van der Waals surface area (Å²) < 4.78 is 34.0. The molecule has 0 unspecified atom stereocenters. The van der Waals surface area contributed by atoms with Gasteiger partial charge in [0.15, 0.2) is 21.3 Å². The van der Waals surface area contributed by atoms with Crippen molar-refractivity contribution in [3.63, 3.8) is 0 Å². The van der Waals surface area contributed by atoms with Crippen LogP contribution in [0.4, 0.5) is 0 Å². The van der Waals surface area contributed by atoms with Crippen LogP contribution in [0.1, 0.15) is 31.9 Å². The van der Waals surface area contributed by atoms with Gasteiger partial charge in [0.1, 0.15) is 5.25 Å². The number of benzene rings is 1. The number of ether oxygens (including phenoxy) is 2. The normalized spacial score (nSPS) is 17.2. The maximum absolute atomic E-state index is 12.0. The zero-order valence-corrected chi connectivity index (χ0v) is 13.8. The van der Waals surface area contributed by atoms with Gasteiger partial charge in [-0.15, -0.1) is 0 Å². The molecular weight excluding hydrogens is 306 g/mol. The Morgan fingerprint density at radius 3 is 2.45 bits per heavy atom. The third-order valence-corrected chi connectivity index (χ3v) is 5.14. The summed E-state index contributed by atoms with van der Waals surface area (Å²) in [5, 5.41) is 1.64. The second-order valence-corrected chi connectivity index (χ2v) is 7.82. The average Bonchev–Trinajstić information content (AvgIpc) is 2.69. The van der Waals surface area contributed by atoms with E-state index in [1.165, 1.54) is 6.92 Å². The SMILES string of the molecule is C[C@H](NC(=O)[C@@H](C)S(C)(=O)=O)c1ccc2c(c1)OCCCO2. The Hall–Kier alpha value is -1.76. The third kappa shape index (κ3) is 3.91. The van der Waals surface area contributed by atoms with Gasteiger partial charge < -0.3 is 14.8 Å². The van der Waals surface area contributed by atoms with E-state index in [0.717, 1.165) is 18.2 Å². The number of carbonyl (C=O) groups is 1. The number of hydrogen-bond acceptors (Lipinski definition) is 5. The fraction of sp³-hybridized carbons (Fsp3) is 0.533. The Morgan fingerprint density at radius 1 is 1.18 bits per heavy atom. The first kappa shape index (κ1) is 16.6. The van der Waals surface area contributed by atoms with Crippen molar-refractivity contribution < 1.29 is 22.7 Å². The number of amides is 1. The summed E-state index contributed by atoms with van der Waals surface area (Å²) in [5.41, 5.74) is 0.832. The molecule has 1 aromatic rings. The monoisotopic (exact) mass is 327 g/mol. The fourth-order valence-electron chi connectivity index (χ4n) is 2.06. The molecule has 22 heavy (non-hydrogen) atoms. The first-order valence-electron chi connectivity index (χ1n) is 7.18. The highest BCUT2D eigenvalue weighted by Crippen LogP contribution is 2.32. The summed E-state index contributed by atoms with van der Waals surface area (Å²) in [5.74, 6) is 0.818. The lowest BCUT2D eigenvalue weighted by atomic mass is 10.1. The lowest BCUT2D eigenvalue weighted by Gasteiger charge is -2.18. The number of sulfone groups is 1. The molecule has 0 fully saturated rings. The zero-order valence-electron chi connectivity index (χ0n) is 13.0. The molecule has 0 radical (unpaired) electrons. The van der Waals surface area contributed by atoms with E-state index in [1.807, 2.05) is 12.1 Å². The van der Waals surface area contributed by atoms with Crippen molar-refractivity contribution in [1.82, 2.24) is 5.32 Å². The summed E-state index contributed by atoms with van der Waals surface area (Å²) in [6.45, 7) is 4.38. The Kier molecular flexibility index (Phi) is 4.95. The summed E-state index contributed by atoms with van der Waals surface area (Å²) in [7, 11) is -3.41. The number of hydrogen-bond donors (Lipinski definition) is 1. The highest BCUT2D eigenvalue weighted by atomic mass is 32.2. The standard InChI is InChI=1S/C15H21NO5S/c1-10(16-15(17)11(2)22(3,18)19)12-5-6-13-14(9-12)21-8-4-7-20-13/h5-6,9-11H,4,7-8H2,1-3H3,(H,16,17)/t10-,11+/m0/s1. The minimum Gasteiger partial charge on any atom is -0.490 e. The van der Waals surface area contributed by atoms with Crippen LogP contribution in [0.3, 0.4) is 0 Å². The van der Waals surface area contributed by atoms with Crippen molar-refractivity contribution in [3.8, 4) is 11.5 Å². The van der Waals surface area contributed by atoms with Gasteiger partial charge >= 0.3 is 0 Å². The van der Waals surface area contributed by atoms with E-state index in [4.69, 9.17) is 9.47 Å². The van der Waals surface area contributed by atoms with Crippen molar-refractivity contribution in [2.75, 3.05) is 19.5 Å². The van der Waals surface area contributed by atoms with Crippen molar-refractivity contribution in [2.45, 2.75) is 31.6 Å². The van der Waals surface area contributed by atoms with Crippen LogP contribution in [0, 0.1) is 0 Å². The van der Waals surface area contributed by atoms with Crippen molar-refractivity contribution in [3.05, 3.63) is 23.8 Å². The minimum atomic E-state index is -3.41. The lowest BCUT2D eigenvalue weighted by molar-refractivity contribution is -0.121. The Balaban J connectivity index is 2.11. The van der Waals surface area contributed by atoms with Crippen LogP contribution in [-0.2, 0) is 14.6 Å². The highest BCUT2D eigenvalue weighted by Gasteiger charge is 2.25. The quantitative estimate of drug-likeness (QED) is 0.905. The molecular formula is C15H21NO5S. The van der Waals surface area contributed by atoms with Gasteiger partial charge in [0, 0.05) is 12.7 Å². The van der Waals surface area contributed by atoms with Gasteiger partial charge in [-0.1, -0.05) is 6.07 Å². The maximum Gasteiger partial charge on any atom is 0.238 e. The molecule has 0 saturated heterocycles. The van der Waals surface area contributed by atoms with Gasteiger partial charge in [-0.3, -0.25) is 4.79 Å². The topological polar surface area (TPSA) is 81.7 Å². The predicted molar refractivity (Wildman–Crippen MR) is 82.9 cm³/mol. The molecule has 1 heterocycles. The van der Waals surface area contributed by atoms with Gasteiger partial charge in [-0.2, -0.15) is 0 Å². The molecule has 0 saturated carbocycles. The second kappa shape index (κ2) is 6.56. The van der Waals surface area contributed by atoms with Gasteiger partial charge in [0.2, 0.25) is 5.91 Å². The molecule has 2 atom stereocenters. The molecule has 6 nitrogen and oxygen atoms in total. The smallest absolute Gasteiger partial charge is 0.238 e. The molecule has 0 aromatic heterocycles. The summed E-state index contributed by atoms with van der Waals surface area (Å²) in [6.07, 6.45) is 1.87. The van der Waals surface area contributed by atoms with Crippen LogP contribution < -0.4 is 14.8 Å². The van der Waals surface area contributed by atoms with E-state index < -0.39 is 21.0 Å². The lowest BCUT2D eigenvalue weighted by Crippen LogP contribution is -2.38. The van der Waals surface area contributed by atoms with Crippen molar-refractivity contribution in [1.29, 1.82) is 0 Å². The molecule has 0 spiro atoms. The van der Waals surface area contributed by atoms with Crippen LogP contribution >= 0.6 is 0 Å². The largest absolute Gasteiger partial charge is 0.490 e. The Morgan fingerprint density at radius 2 is 1.82 bits per heavy atom. The van der Waals surface area contributed by atoms with E-state index in [2.05, 4.69) is 5.32 Å². The second-order valence-electron chi connectivity index (χ2n) is 5.46. The summed E-state index contributed by atoms with van der Waals surface area (Å²) in [6, 6.07) is 5.13. The molecule has 1 aromatic carbocycles. The highest BCUT2D eigenvalue weighted by molar-refractivity contribution is 7.92. The first-order valence-corrected chi connectivity index (χ1v) is 9.13. The predicted octanol–water partition coefficient (Wildman–Crippen LogP) is 1.46. The average molecular weight is 327 g/mol. The van der Waals surface area contributed by atoms with E-state index >= 15 is 0 Å². The van der Waals surface area contributed by atoms with Crippen molar-refractivity contribution in [2.24, 2.45) is 0 Å². The van der Waals surface area contributed by atoms with E-state index in [0.29, 0.717) is 24.7 Å². The third-order valence-electron chi connectivity index (χ3n) is 3.64. The van der Waals surface area contributed by atoms with Gasteiger partial charge in [0.05, 0.1) is 19.3 Å². The summed E-state index contributed by atoms with van der Waals surface area (Å²) in [4.78, 5) is 12.0. The molecule has 1 amide bonds. The zero-order chi connectivity index (χ0) is 16.3. The molecule has 2 rings (SSSR count). The number of carbonyl (C=O) groups excluding carboxylic acids is 1. The fourth-order valence-corrected chi connectivity index (χ4v) is 2.51. The van der Waals surface area contributed by atoms with Crippen LogP contribution in [0.2, 0.25) is 0 Å². The van der Waals surface area contributed by atoms with E-state index in [9.17, 15) is 13.2 Å². The van der Waals surface area contributed by atoms with Crippen LogP contribution in [-0.4, -0.2) is 39.0 Å². The molecule has 0 aliphatic carbocycles. The maximum atomic E-state index is 12.0. The molecule has 122 valence electrons. The molecule has 0 bridgehead atoms. The van der Waals surface area contributed by atoms with Gasteiger partial charge in [-0.25, -0.2) is 8.42 Å². The molecule has 7 heteroatoms. The van der Waals surface area contributed by atoms with E-state index in [1.54, 1.807) is 13.0 Å². The Labute approximate surface area is 130 Å². The summed E-state index contributed by atoms with van der Waals surface area (Å²) >= 11 is 0.